The molecule has 1 amide bonds. The minimum atomic E-state index is -0.255. The Morgan fingerprint density at radius 1 is 1.32 bits per heavy atom. The minimum absolute atomic E-state index is 0.255. The van der Waals surface area contributed by atoms with Gasteiger partial charge in [-0.2, -0.15) is 0 Å². The van der Waals surface area contributed by atoms with Crippen LogP contribution in [0.25, 0.3) is 0 Å². The molecule has 2 aliphatic rings. The maximum absolute atomic E-state index is 11.9. The van der Waals surface area contributed by atoms with Crippen LogP contribution in [-0.4, -0.2) is 39.9 Å². The normalized spacial score (nSPS) is 17.7. The van der Waals surface area contributed by atoms with E-state index in [1.807, 2.05) is 6.07 Å². The largest absolute Gasteiger partial charge is 0.440 e. The van der Waals surface area contributed by atoms with Crippen LogP contribution in [-0.2, 0) is 0 Å². The first-order valence-electron chi connectivity index (χ1n) is 7.29. The maximum atomic E-state index is 11.9. The van der Waals surface area contributed by atoms with E-state index in [0.29, 0.717) is 23.0 Å². The summed E-state index contributed by atoms with van der Waals surface area (Å²) in [7, 11) is 0. The molecular formula is C15H17N3O2S2. The topological polar surface area (TPSA) is 53.9 Å². The van der Waals surface area contributed by atoms with E-state index in [-0.39, 0.29) is 5.91 Å². The molecule has 0 unspecified atom stereocenters. The maximum Gasteiger partial charge on any atom is 0.275 e. The summed E-state index contributed by atoms with van der Waals surface area (Å²) >= 11 is 6.99. The number of hydrogen-bond acceptors (Lipinski definition) is 5. The Morgan fingerprint density at radius 2 is 2.09 bits per heavy atom. The average Bonchev–Trinajstić information content (AvgIpc) is 2.73. The molecule has 1 aromatic carbocycles. The zero-order valence-corrected chi connectivity index (χ0v) is 13.7. The van der Waals surface area contributed by atoms with E-state index in [0.717, 1.165) is 17.4 Å². The molecule has 0 spiro atoms. The predicted molar refractivity (Wildman–Crippen MR) is 92.5 cm³/mol. The zero-order chi connectivity index (χ0) is 15.4. The van der Waals surface area contributed by atoms with Crippen molar-refractivity contribution in [2.24, 2.45) is 5.10 Å². The van der Waals surface area contributed by atoms with Crippen molar-refractivity contribution in [1.82, 2.24) is 10.3 Å². The number of carbonyl (C=O) groups is 1. The fourth-order valence-electron chi connectivity index (χ4n) is 2.42. The predicted octanol–water partition coefficient (Wildman–Crippen LogP) is 2.63. The molecule has 1 aromatic rings. The lowest BCUT2D eigenvalue weighted by Gasteiger charge is -2.28. The summed E-state index contributed by atoms with van der Waals surface area (Å²) in [6.45, 7) is 2.05. The smallest absolute Gasteiger partial charge is 0.275 e. The van der Waals surface area contributed by atoms with Crippen molar-refractivity contribution in [3.05, 3.63) is 29.8 Å². The van der Waals surface area contributed by atoms with Crippen molar-refractivity contribution in [2.45, 2.75) is 19.3 Å². The first-order valence-corrected chi connectivity index (χ1v) is 8.69. The third-order valence-electron chi connectivity index (χ3n) is 3.57. The molecule has 3 rings (SSSR count). The molecule has 0 radical (unpaired) electrons. The average molecular weight is 335 g/mol. The molecule has 0 aliphatic carbocycles. The van der Waals surface area contributed by atoms with Gasteiger partial charge in [0.1, 0.15) is 10.1 Å². The highest BCUT2D eigenvalue weighted by molar-refractivity contribution is 8.23. The van der Waals surface area contributed by atoms with Crippen LogP contribution in [0.15, 0.2) is 29.4 Å². The van der Waals surface area contributed by atoms with Gasteiger partial charge in [0, 0.05) is 13.1 Å². The Bertz CT molecular complexity index is 613. The van der Waals surface area contributed by atoms with Crippen molar-refractivity contribution in [1.29, 1.82) is 0 Å². The van der Waals surface area contributed by atoms with Crippen LogP contribution in [0.5, 0.6) is 5.75 Å². The Kier molecular flexibility index (Phi) is 4.94. The molecule has 0 atom stereocenters. The Hall–Kier alpha value is -1.60. The van der Waals surface area contributed by atoms with E-state index in [1.165, 1.54) is 31.0 Å². The van der Waals surface area contributed by atoms with Crippen molar-refractivity contribution in [3.8, 4) is 5.75 Å². The highest BCUT2D eigenvalue weighted by atomic mass is 32.2. The minimum Gasteiger partial charge on any atom is -0.440 e. The number of hydrogen-bond donors (Lipinski definition) is 1. The number of piperidine rings is 1. The number of thiocarbonyl (C=S) groups is 1. The van der Waals surface area contributed by atoms with Gasteiger partial charge < -0.3 is 9.64 Å². The standard InChI is InChI=1S/C15H17N3O2S2/c19-14-11-6-2-3-7-12(11)20-13(16-17-14)10-22-15(21)18-8-4-1-5-9-18/h2-3,6-7H,1,4-5,8-10H2,(H,17,19). The Labute approximate surface area is 139 Å². The number of ether oxygens (including phenoxy) is 1. The molecular weight excluding hydrogens is 318 g/mol. The first-order chi connectivity index (χ1) is 10.7. The number of thioether (sulfide) groups is 1. The van der Waals surface area contributed by atoms with Crippen molar-refractivity contribution < 1.29 is 9.53 Å². The fraction of sp³-hybridized carbons (Fsp3) is 0.400. The van der Waals surface area contributed by atoms with Gasteiger partial charge in [-0.25, -0.2) is 5.43 Å². The molecule has 1 saturated heterocycles. The zero-order valence-electron chi connectivity index (χ0n) is 12.1. The summed E-state index contributed by atoms with van der Waals surface area (Å²) in [6, 6.07) is 7.12. The highest BCUT2D eigenvalue weighted by Crippen LogP contribution is 2.22. The van der Waals surface area contributed by atoms with Crippen molar-refractivity contribution in [2.75, 3.05) is 18.8 Å². The molecule has 7 heteroatoms. The fourth-order valence-corrected chi connectivity index (χ4v) is 3.51. The summed E-state index contributed by atoms with van der Waals surface area (Å²) in [4.78, 5) is 14.1. The number of para-hydroxylation sites is 1. The molecule has 0 aromatic heterocycles. The van der Waals surface area contributed by atoms with Crippen molar-refractivity contribution >= 4 is 40.1 Å². The lowest BCUT2D eigenvalue weighted by Crippen LogP contribution is -2.33. The van der Waals surface area contributed by atoms with Crippen LogP contribution in [0, 0.1) is 0 Å². The molecule has 0 saturated carbocycles. The summed E-state index contributed by atoms with van der Waals surface area (Å²) in [6.07, 6.45) is 3.67. The number of rotatable bonds is 2. The van der Waals surface area contributed by atoms with Gasteiger partial charge in [-0.15, -0.1) is 5.10 Å². The molecule has 22 heavy (non-hydrogen) atoms. The monoisotopic (exact) mass is 335 g/mol. The number of hydrazone groups is 1. The van der Waals surface area contributed by atoms with Crippen LogP contribution in [0.1, 0.15) is 29.6 Å². The summed E-state index contributed by atoms with van der Waals surface area (Å²) in [5.41, 5.74) is 3.00. The van der Waals surface area contributed by atoms with Crippen LogP contribution in [0.2, 0.25) is 0 Å². The summed E-state index contributed by atoms with van der Waals surface area (Å²) < 4.78 is 6.60. The number of nitrogens with zero attached hydrogens (tertiary/aromatic N) is 2. The number of nitrogens with one attached hydrogen (secondary N) is 1. The third-order valence-corrected chi connectivity index (χ3v) is 5.08. The van der Waals surface area contributed by atoms with E-state index >= 15 is 0 Å². The van der Waals surface area contributed by atoms with Crippen LogP contribution < -0.4 is 10.2 Å². The van der Waals surface area contributed by atoms with Crippen LogP contribution >= 0.6 is 24.0 Å². The quantitative estimate of drug-likeness (QED) is 0.842. The van der Waals surface area contributed by atoms with Crippen LogP contribution in [0.4, 0.5) is 0 Å². The van der Waals surface area contributed by atoms with E-state index in [1.54, 1.807) is 18.2 Å². The lowest BCUT2D eigenvalue weighted by atomic mass is 10.1. The Balaban J connectivity index is 1.61. The van der Waals surface area contributed by atoms with E-state index in [4.69, 9.17) is 17.0 Å². The van der Waals surface area contributed by atoms with Crippen LogP contribution in [0.3, 0.4) is 0 Å². The molecule has 0 bridgehead atoms. The van der Waals surface area contributed by atoms with Gasteiger partial charge >= 0.3 is 0 Å². The molecule has 2 heterocycles. The highest BCUT2D eigenvalue weighted by Gasteiger charge is 2.20. The number of carbonyl (C=O) groups excluding carboxylic acids is 1. The summed E-state index contributed by atoms with van der Waals surface area (Å²) in [5, 5.41) is 4.03. The van der Waals surface area contributed by atoms with E-state index in [9.17, 15) is 4.79 Å². The number of amides is 1. The second-order valence-corrected chi connectivity index (χ2v) is 6.76. The molecule has 5 nitrogen and oxygen atoms in total. The van der Waals surface area contributed by atoms with Gasteiger partial charge in [0.2, 0.25) is 5.90 Å². The van der Waals surface area contributed by atoms with Gasteiger partial charge in [-0.3, -0.25) is 4.79 Å². The van der Waals surface area contributed by atoms with Gasteiger partial charge in [0.15, 0.2) is 0 Å². The number of benzene rings is 1. The lowest BCUT2D eigenvalue weighted by molar-refractivity contribution is 0.0955. The summed E-state index contributed by atoms with van der Waals surface area (Å²) in [5.74, 6) is 1.24. The Morgan fingerprint density at radius 3 is 2.91 bits per heavy atom. The van der Waals surface area contributed by atoms with E-state index in [2.05, 4.69) is 15.4 Å². The first kappa shape index (κ1) is 15.3. The second-order valence-electron chi connectivity index (χ2n) is 5.15. The molecule has 116 valence electrons. The number of fused-ring (bicyclic) bond motifs is 1. The van der Waals surface area contributed by atoms with E-state index < -0.39 is 0 Å². The molecule has 1 fully saturated rings. The van der Waals surface area contributed by atoms with Crippen molar-refractivity contribution in [3.63, 3.8) is 0 Å². The second kappa shape index (κ2) is 7.11. The molecule has 2 aliphatic heterocycles. The van der Waals surface area contributed by atoms with Gasteiger partial charge in [0.05, 0.1) is 11.3 Å². The molecule has 1 N–H and O–H groups in total. The number of likely N-dealkylation sites (tertiary alicyclic amines) is 1. The third kappa shape index (κ3) is 3.59. The van der Waals surface area contributed by atoms with Gasteiger partial charge in [-0.1, -0.05) is 36.1 Å². The SMILES string of the molecule is O=C1NN=C(CSC(=S)N2CCCCC2)Oc2ccccc21. The van der Waals surface area contributed by atoms with Gasteiger partial charge in [0.25, 0.3) is 5.91 Å². The van der Waals surface area contributed by atoms with Gasteiger partial charge in [-0.05, 0) is 31.4 Å².